The fourth-order valence-corrected chi connectivity index (χ4v) is 4.15. The molecule has 0 amide bonds. The van der Waals surface area contributed by atoms with Crippen LogP contribution in [0.2, 0.25) is 0 Å². The van der Waals surface area contributed by atoms with Crippen molar-refractivity contribution in [2.75, 3.05) is 6.54 Å². The molecule has 4 atom stereocenters. The van der Waals surface area contributed by atoms with Crippen molar-refractivity contribution in [1.82, 2.24) is 5.32 Å². The van der Waals surface area contributed by atoms with Gasteiger partial charge in [0.1, 0.15) is 0 Å². The summed E-state index contributed by atoms with van der Waals surface area (Å²) in [5.74, 6) is 2.44. The molecule has 2 saturated carbocycles. The number of nitrogens with one attached hydrogen (secondary N) is 1. The summed E-state index contributed by atoms with van der Waals surface area (Å²) < 4.78 is 0. The summed E-state index contributed by atoms with van der Waals surface area (Å²) in [6.07, 6.45) is 11.1. The van der Waals surface area contributed by atoms with Gasteiger partial charge in [-0.25, -0.2) is 0 Å². The van der Waals surface area contributed by atoms with Crippen molar-refractivity contribution in [2.45, 2.75) is 77.3 Å². The van der Waals surface area contributed by atoms with E-state index in [0.29, 0.717) is 6.04 Å². The van der Waals surface area contributed by atoms with E-state index in [2.05, 4.69) is 19.2 Å². The van der Waals surface area contributed by atoms with E-state index in [1.54, 1.807) is 0 Å². The molecule has 106 valence electrons. The molecule has 4 unspecified atom stereocenters. The first-order chi connectivity index (χ1) is 8.72. The van der Waals surface area contributed by atoms with Gasteiger partial charge in [-0.1, -0.05) is 39.5 Å². The Hall–Kier alpha value is -0.0800. The van der Waals surface area contributed by atoms with Crippen molar-refractivity contribution in [3.8, 4) is 0 Å². The molecule has 2 aliphatic carbocycles. The van der Waals surface area contributed by atoms with Crippen molar-refractivity contribution in [1.29, 1.82) is 0 Å². The highest BCUT2D eigenvalue weighted by Crippen LogP contribution is 2.32. The van der Waals surface area contributed by atoms with Crippen LogP contribution in [0.4, 0.5) is 0 Å². The molecule has 0 saturated heterocycles. The summed E-state index contributed by atoms with van der Waals surface area (Å²) in [7, 11) is 0. The molecule has 2 fully saturated rings. The molecule has 0 aromatic rings. The molecule has 0 radical (unpaired) electrons. The quantitative estimate of drug-likeness (QED) is 0.805. The summed E-state index contributed by atoms with van der Waals surface area (Å²) in [5.41, 5.74) is 5.95. The monoisotopic (exact) mass is 252 g/mol. The van der Waals surface area contributed by atoms with Crippen LogP contribution in [0.5, 0.6) is 0 Å². The van der Waals surface area contributed by atoms with Crippen LogP contribution in [0.3, 0.4) is 0 Å². The lowest BCUT2D eigenvalue weighted by Gasteiger charge is -2.41. The van der Waals surface area contributed by atoms with Crippen LogP contribution < -0.4 is 11.1 Å². The lowest BCUT2D eigenvalue weighted by atomic mass is 9.76. The third-order valence-electron chi connectivity index (χ3n) is 5.32. The molecule has 0 aromatic carbocycles. The highest BCUT2D eigenvalue weighted by molar-refractivity contribution is 4.89. The predicted octanol–water partition coefficient (Wildman–Crippen LogP) is 3.31. The third kappa shape index (κ3) is 3.48. The van der Waals surface area contributed by atoms with Crippen molar-refractivity contribution >= 4 is 0 Å². The zero-order chi connectivity index (χ0) is 13.0. The Balaban J connectivity index is 1.92. The summed E-state index contributed by atoms with van der Waals surface area (Å²) in [6.45, 7) is 5.66. The van der Waals surface area contributed by atoms with E-state index in [-0.39, 0.29) is 0 Å². The van der Waals surface area contributed by atoms with Gasteiger partial charge in [0, 0.05) is 12.1 Å². The average molecular weight is 252 g/mol. The first-order valence-corrected chi connectivity index (χ1v) is 8.18. The van der Waals surface area contributed by atoms with Gasteiger partial charge in [-0.05, 0) is 50.0 Å². The van der Waals surface area contributed by atoms with E-state index < -0.39 is 0 Å². The Morgan fingerprint density at radius 3 is 2.22 bits per heavy atom. The molecule has 2 aliphatic rings. The first kappa shape index (κ1) is 14.3. The Kier molecular flexibility index (Phi) is 5.50. The maximum absolute atomic E-state index is 5.95. The first-order valence-electron chi connectivity index (χ1n) is 8.18. The van der Waals surface area contributed by atoms with Crippen LogP contribution in [0.1, 0.15) is 65.2 Å². The van der Waals surface area contributed by atoms with Gasteiger partial charge < -0.3 is 11.1 Å². The van der Waals surface area contributed by atoms with Crippen molar-refractivity contribution in [2.24, 2.45) is 23.5 Å². The van der Waals surface area contributed by atoms with Gasteiger partial charge in [0.25, 0.3) is 0 Å². The van der Waals surface area contributed by atoms with Crippen LogP contribution in [0, 0.1) is 17.8 Å². The zero-order valence-electron chi connectivity index (χ0n) is 12.3. The van der Waals surface area contributed by atoms with E-state index in [1.165, 1.54) is 51.4 Å². The van der Waals surface area contributed by atoms with Gasteiger partial charge >= 0.3 is 0 Å². The Bertz CT molecular complexity index is 239. The lowest BCUT2D eigenvalue weighted by molar-refractivity contribution is 0.158. The van der Waals surface area contributed by atoms with Gasteiger partial charge in [0.2, 0.25) is 0 Å². The maximum Gasteiger partial charge on any atom is 0.0110 e. The predicted molar refractivity (Wildman–Crippen MR) is 78.5 cm³/mol. The van der Waals surface area contributed by atoms with Crippen LogP contribution in [-0.4, -0.2) is 18.6 Å². The minimum absolute atomic E-state index is 0.702. The molecule has 0 aliphatic heterocycles. The molecule has 0 aromatic heterocycles. The van der Waals surface area contributed by atoms with Gasteiger partial charge in [0.05, 0.1) is 0 Å². The molecule has 2 rings (SSSR count). The van der Waals surface area contributed by atoms with E-state index in [4.69, 9.17) is 5.73 Å². The van der Waals surface area contributed by atoms with E-state index in [9.17, 15) is 0 Å². The molecule has 2 nitrogen and oxygen atoms in total. The Morgan fingerprint density at radius 2 is 1.56 bits per heavy atom. The standard InChI is InChI=1S/C16H32N2/c1-12(2)14-8-4-6-10-16(14)18-15-9-5-3-7-13(15)11-17/h12-16,18H,3-11,17H2,1-2H3. The number of hydrogen-bond donors (Lipinski definition) is 2. The van der Waals surface area contributed by atoms with Gasteiger partial charge in [-0.15, -0.1) is 0 Å². The van der Waals surface area contributed by atoms with Gasteiger partial charge in [0.15, 0.2) is 0 Å². The maximum atomic E-state index is 5.95. The van der Waals surface area contributed by atoms with Crippen LogP contribution in [0.25, 0.3) is 0 Å². The Morgan fingerprint density at radius 1 is 0.944 bits per heavy atom. The molecule has 3 N–H and O–H groups in total. The molecular weight excluding hydrogens is 220 g/mol. The summed E-state index contributed by atoms with van der Waals surface area (Å²) >= 11 is 0. The second-order valence-electron chi connectivity index (χ2n) is 6.85. The van der Waals surface area contributed by atoms with Gasteiger partial charge in [-0.2, -0.15) is 0 Å². The molecule has 0 bridgehead atoms. The minimum Gasteiger partial charge on any atom is -0.330 e. The van der Waals surface area contributed by atoms with Crippen LogP contribution in [-0.2, 0) is 0 Å². The normalized spacial score (nSPS) is 38.0. The Labute approximate surface area is 113 Å². The summed E-state index contributed by atoms with van der Waals surface area (Å²) in [5, 5.41) is 4.01. The van der Waals surface area contributed by atoms with Crippen LogP contribution in [0.15, 0.2) is 0 Å². The third-order valence-corrected chi connectivity index (χ3v) is 5.32. The number of nitrogens with two attached hydrogens (primary N) is 1. The fourth-order valence-electron chi connectivity index (χ4n) is 4.15. The molecular formula is C16H32N2. The minimum atomic E-state index is 0.702. The molecule has 0 heterocycles. The highest BCUT2D eigenvalue weighted by Gasteiger charge is 2.32. The van der Waals surface area contributed by atoms with Gasteiger partial charge in [-0.3, -0.25) is 0 Å². The van der Waals surface area contributed by atoms with E-state index in [0.717, 1.165) is 30.3 Å². The van der Waals surface area contributed by atoms with Crippen molar-refractivity contribution in [3.05, 3.63) is 0 Å². The SMILES string of the molecule is CC(C)C1CCCCC1NC1CCCCC1CN. The lowest BCUT2D eigenvalue weighted by Crippen LogP contribution is -2.51. The molecule has 0 spiro atoms. The molecule has 18 heavy (non-hydrogen) atoms. The highest BCUT2D eigenvalue weighted by atomic mass is 15.0. The van der Waals surface area contributed by atoms with Crippen molar-refractivity contribution < 1.29 is 0 Å². The van der Waals surface area contributed by atoms with Crippen molar-refractivity contribution in [3.63, 3.8) is 0 Å². The summed E-state index contributed by atoms with van der Waals surface area (Å²) in [4.78, 5) is 0. The largest absolute Gasteiger partial charge is 0.330 e. The fraction of sp³-hybridized carbons (Fsp3) is 1.00. The van der Waals surface area contributed by atoms with Crippen LogP contribution >= 0.6 is 0 Å². The topological polar surface area (TPSA) is 38.0 Å². The smallest absolute Gasteiger partial charge is 0.0110 e. The second kappa shape index (κ2) is 6.91. The van der Waals surface area contributed by atoms with E-state index >= 15 is 0 Å². The number of rotatable bonds is 4. The molecule has 2 heteroatoms. The van der Waals surface area contributed by atoms with E-state index in [1.807, 2.05) is 0 Å². The number of hydrogen-bond acceptors (Lipinski definition) is 2. The summed E-state index contributed by atoms with van der Waals surface area (Å²) in [6, 6.07) is 1.46. The zero-order valence-corrected chi connectivity index (χ0v) is 12.3. The second-order valence-corrected chi connectivity index (χ2v) is 6.85. The average Bonchev–Trinajstić information content (AvgIpc) is 2.40.